The molecule has 5 nitrogen and oxygen atoms in total. The maximum Gasteiger partial charge on any atom is 0.176 e. The van der Waals surface area contributed by atoms with E-state index >= 15 is 0 Å². The molecule has 11 heavy (non-hydrogen) atoms. The lowest BCUT2D eigenvalue weighted by molar-refractivity contribution is 0.586. The second-order valence-electron chi connectivity index (χ2n) is 2.83. The number of aromatic nitrogens is 4. The molecule has 1 aliphatic heterocycles. The minimum atomic E-state index is 0.563. The minimum Gasteiger partial charge on any atom is -0.314 e. The van der Waals surface area contributed by atoms with E-state index in [1.165, 1.54) is 12.8 Å². The number of rotatable bonds is 2. The zero-order chi connectivity index (χ0) is 7.52. The molecule has 2 heterocycles. The highest BCUT2D eigenvalue weighted by Crippen LogP contribution is 2.07. The summed E-state index contributed by atoms with van der Waals surface area (Å²) in [5.74, 6) is 0.810. The van der Waals surface area contributed by atoms with E-state index in [0.717, 1.165) is 18.8 Å². The Bertz CT molecular complexity index is 201. The molecule has 0 spiro atoms. The van der Waals surface area contributed by atoms with Gasteiger partial charge in [0.1, 0.15) is 0 Å². The lowest BCUT2D eigenvalue weighted by atomic mass is 10.1. The number of hydrogen-bond acceptors (Lipinski definition) is 4. The Kier molecular flexibility index (Phi) is 1.81. The fraction of sp³-hybridized carbons (Fsp3) is 0.833. The van der Waals surface area contributed by atoms with E-state index in [2.05, 4.69) is 25.9 Å². The molecule has 0 amide bonds. The molecular formula is C6H11N5. The maximum atomic E-state index is 3.89. The van der Waals surface area contributed by atoms with Crippen LogP contribution in [0.1, 0.15) is 18.7 Å². The molecule has 60 valence electrons. The van der Waals surface area contributed by atoms with E-state index in [0.29, 0.717) is 6.04 Å². The molecule has 1 fully saturated rings. The largest absolute Gasteiger partial charge is 0.314 e. The summed E-state index contributed by atoms with van der Waals surface area (Å²) in [6.07, 6.45) is 3.40. The van der Waals surface area contributed by atoms with Gasteiger partial charge in [0.05, 0.1) is 0 Å². The van der Waals surface area contributed by atoms with E-state index < -0.39 is 0 Å². The zero-order valence-electron chi connectivity index (χ0n) is 6.25. The van der Waals surface area contributed by atoms with Gasteiger partial charge in [0.25, 0.3) is 0 Å². The summed E-state index contributed by atoms with van der Waals surface area (Å²) in [6.45, 7) is 1.13. The van der Waals surface area contributed by atoms with Gasteiger partial charge in [0.15, 0.2) is 5.82 Å². The fourth-order valence-corrected chi connectivity index (χ4v) is 1.42. The molecule has 0 aliphatic carbocycles. The van der Waals surface area contributed by atoms with Crippen molar-refractivity contribution in [3.05, 3.63) is 5.82 Å². The quantitative estimate of drug-likeness (QED) is 0.600. The average Bonchev–Trinajstić information content (AvgIpc) is 2.60. The number of hydrogen-bond donors (Lipinski definition) is 2. The van der Waals surface area contributed by atoms with E-state index in [1.54, 1.807) is 0 Å². The molecule has 1 aliphatic rings. The zero-order valence-corrected chi connectivity index (χ0v) is 6.25. The van der Waals surface area contributed by atoms with E-state index in [-0.39, 0.29) is 0 Å². The predicted octanol–water partition coefficient (Wildman–Crippen LogP) is -0.506. The molecule has 1 aromatic rings. The van der Waals surface area contributed by atoms with Gasteiger partial charge in [-0.25, -0.2) is 0 Å². The van der Waals surface area contributed by atoms with E-state index in [9.17, 15) is 0 Å². The summed E-state index contributed by atoms with van der Waals surface area (Å²) in [7, 11) is 0. The molecular weight excluding hydrogens is 142 g/mol. The van der Waals surface area contributed by atoms with Crippen molar-refractivity contribution >= 4 is 0 Å². The van der Waals surface area contributed by atoms with Gasteiger partial charge in [-0.05, 0) is 19.4 Å². The molecule has 1 unspecified atom stereocenters. The number of tetrazole rings is 1. The third kappa shape index (κ3) is 1.54. The third-order valence-electron chi connectivity index (χ3n) is 1.98. The van der Waals surface area contributed by atoms with Gasteiger partial charge in [-0.15, -0.1) is 10.2 Å². The van der Waals surface area contributed by atoms with Crippen LogP contribution in [0, 0.1) is 0 Å². The van der Waals surface area contributed by atoms with Crippen molar-refractivity contribution < 1.29 is 0 Å². The minimum absolute atomic E-state index is 0.563. The Morgan fingerprint density at radius 1 is 1.55 bits per heavy atom. The summed E-state index contributed by atoms with van der Waals surface area (Å²) in [5.41, 5.74) is 0. The van der Waals surface area contributed by atoms with Crippen LogP contribution < -0.4 is 5.32 Å². The Hall–Kier alpha value is -0.970. The topological polar surface area (TPSA) is 66.5 Å². The van der Waals surface area contributed by atoms with Crippen LogP contribution >= 0.6 is 0 Å². The normalized spacial score (nSPS) is 24.2. The summed E-state index contributed by atoms with van der Waals surface area (Å²) in [6, 6.07) is 0.563. The average molecular weight is 153 g/mol. The monoisotopic (exact) mass is 153 g/mol. The first-order valence-electron chi connectivity index (χ1n) is 3.91. The van der Waals surface area contributed by atoms with Gasteiger partial charge < -0.3 is 5.32 Å². The molecule has 1 aromatic heterocycles. The highest BCUT2D eigenvalue weighted by atomic mass is 15.5. The Morgan fingerprint density at radius 3 is 3.18 bits per heavy atom. The highest BCUT2D eigenvalue weighted by Gasteiger charge is 2.15. The highest BCUT2D eigenvalue weighted by molar-refractivity contribution is 4.86. The summed E-state index contributed by atoms with van der Waals surface area (Å²) in [5, 5.41) is 17.1. The van der Waals surface area contributed by atoms with Crippen molar-refractivity contribution in [3.8, 4) is 0 Å². The van der Waals surface area contributed by atoms with E-state index in [4.69, 9.17) is 0 Å². The van der Waals surface area contributed by atoms with Crippen molar-refractivity contribution in [3.63, 3.8) is 0 Å². The van der Waals surface area contributed by atoms with Crippen molar-refractivity contribution in [2.45, 2.75) is 25.3 Å². The predicted molar refractivity (Wildman–Crippen MR) is 38.9 cm³/mol. The van der Waals surface area contributed by atoms with Gasteiger partial charge >= 0.3 is 0 Å². The van der Waals surface area contributed by atoms with Crippen molar-refractivity contribution in [2.24, 2.45) is 0 Å². The van der Waals surface area contributed by atoms with Gasteiger partial charge in [-0.3, -0.25) is 0 Å². The molecule has 0 saturated carbocycles. The van der Waals surface area contributed by atoms with Crippen LogP contribution in [-0.4, -0.2) is 33.2 Å². The van der Waals surface area contributed by atoms with Crippen LogP contribution in [0.25, 0.3) is 0 Å². The summed E-state index contributed by atoms with van der Waals surface area (Å²) >= 11 is 0. The standard InChI is InChI=1S/C6H11N5/c1-2-5(7-3-1)4-6-8-10-11-9-6/h5,7H,1-4H2,(H,8,9,10,11). The Morgan fingerprint density at radius 2 is 2.55 bits per heavy atom. The summed E-state index contributed by atoms with van der Waals surface area (Å²) in [4.78, 5) is 0. The van der Waals surface area contributed by atoms with Crippen LogP contribution in [-0.2, 0) is 6.42 Å². The Labute approximate surface area is 64.6 Å². The molecule has 0 bridgehead atoms. The maximum absolute atomic E-state index is 3.89. The van der Waals surface area contributed by atoms with Gasteiger partial charge in [0, 0.05) is 12.5 Å². The lowest BCUT2D eigenvalue weighted by Crippen LogP contribution is -2.24. The first kappa shape index (κ1) is 6.72. The molecule has 0 radical (unpaired) electrons. The van der Waals surface area contributed by atoms with E-state index in [1.807, 2.05) is 0 Å². The van der Waals surface area contributed by atoms with Crippen LogP contribution in [0.3, 0.4) is 0 Å². The lowest BCUT2D eigenvalue weighted by Gasteiger charge is -2.04. The first-order valence-corrected chi connectivity index (χ1v) is 3.91. The second kappa shape index (κ2) is 2.96. The number of nitrogens with zero attached hydrogens (tertiary/aromatic N) is 3. The van der Waals surface area contributed by atoms with Crippen molar-refractivity contribution in [2.75, 3.05) is 6.54 Å². The SMILES string of the molecule is C1CNC(Cc2nn[nH]n2)C1. The van der Waals surface area contributed by atoms with Crippen LogP contribution in [0.2, 0.25) is 0 Å². The van der Waals surface area contributed by atoms with Crippen LogP contribution in [0.5, 0.6) is 0 Å². The summed E-state index contributed by atoms with van der Waals surface area (Å²) < 4.78 is 0. The van der Waals surface area contributed by atoms with Crippen molar-refractivity contribution in [1.82, 2.24) is 25.9 Å². The number of H-pyrrole nitrogens is 1. The fourth-order valence-electron chi connectivity index (χ4n) is 1.42. The van der Waals surface area contributed by atoms with Crippen LogP contribution in [0.15, 0.2) is 0 Å². The van der Waals surface area contributed by atoms with Gasteiger partial charge in [-0.2, -0.15) is 5.21 Å². The van der Waals surface area contributed by atoms with Gasteiger partial charge in [0.2, 0.25) is 0 Å². The third-order valence-corrected chi connectivity index (χ3v) is 1.98. The van der Waals surface area contributed by atoms with Crippen LogP contribution in [0.4, 0.5) is 0 Å². The second-order valence-corrected chi connectivity index (χ2v) is 2.83. The number of nitrogens with one attached hydrogen (secondary N) is 2. The van der Waals surface area contributed by atoms with Crippen molar-refractivity contribution in [1.29, 1.82) is 0 Å². The molecule has 1 saturated heterocycles. The molecule has 0 aromatic carbocycles. The smallest absolute Gasteiger partial charge is 0.176 e. The molecule has 2 rings (SSSR count). The molecule has 1 atom stereocenters. The number of aromatic amines is 1. The molecule has 5 heteroatoms. The first-order chi connectivity index (χ1) is 5.45. The van der Waals surface area contributed by atoms with Gasteiger partial charge in [-0.1, -0.05) is 5.21 Å². The molecule has 2 N–H and O–H groups in total. The Balaban J connectivity index is 1.90.